The third kappa shape index (κ3) is 5.61. The van der Waals surface area contributed by atoms with Crippen LogP contribution in [0.1, 0.15) is 13.8 Å². The van der Waals surface area contributed by atoms with Crippen molar-refractivity contribution in [2.75, 3.05) is 25.5 Å². The number of benzene rings is 1. The van der Waals surface area contributed by atoms with Gasteiger partial charge in [-0.05, 0) is 49.6 Å². The standard InChI is InChI=1S/C20H22N4O4S2/c1-3-27-15-9-7-14(8-10-15)24-19(16-6-5-11-29-16)22-23-20(24)30-13-17(25)21-12-18(26)28-4-2/h5-11H,3-4,12-13H2,1-2H3,(H,21,25). The predicted octanol–water partition coefficient (Wildman–Crippen LogP) is 3.17. The van der Waals surface area contributed by atoms with Gasteiger partial charge in [-0.1, -0.05) is 17.8 Å². The average molecular weight is 447 g/mol. The zero-order valence-electron chi connectivity index (χ0n) is 16.7. The van der Waals surface area contributed by atoms with Gasteiger partial charge < -0.3 is 14.8 Å². The Hall–Kier alpha value is -2.85. The summed E-state index contributed by atoms with van der Waals surface area (Å²) in [5.74, 6) is 0.822. The van der Waals surface area contributed by atoms with Gasteiger partial charge in [-0.2, -0.15) is 0 Å². The van der Waals surface area contributed by atoms with Gasteiger partial charge in [0.25, 0.3) is 0 Å². The number of ether oxygens (including phenoxy) is 2. The van der Waals surface area contributed by atoms with Crippen LogP contribution in [0.3, 0.4) is 0 Å². The summed E-state index contributed by atoms with van der Waals surface area (Å²) in [4.78, 5) is 24.5. The van der Waals surface area contributed by atoms with Crippen LogP contribution in [-0.2, 0) is 14.3 Å². The van der Waals surface area contributed by atoms with E-state index in [1.165, 1.54) is 11.8 Å². The number of nitrogens with one attached hydrogen (secondary N) is 1. The van der Waals surface area contributed by atoms with Crippen molar-refractivity contribution >= 4 is 35.0 Å². The molecule has 0 atom stereocenters. The lowest BCUT2D eigenvalue weighted by atomic mass is 10.3. The largest absolute Gasteiger partial charge is 0.494 e. The summed E-state index contributed by atoms with van der Waals surface area (Å²) in [5.41, 5.74) is 0.862. The molecule has 2 heterocycles. The number of hydrogen-bond donors (Lipinski definition) is 1. The summed E-state index contributed by atoms with van der Waals surface area (Å²) < 4.78 is 12.2. The van der Waals surface area contributed by atoms with Crippen molar-refractivity contribution in [3.05, 3.63) is 41.8 Å². The van der Waals surface area contributed by atoms with Gasteiger partial charge in [0.2, 0.25) is 5.91 Å². The molecular formula is C20H22N4O4S2. The molecule has 0 unspecified atom stereocenters. The number of amides is 1. The zero-order chi connectivity index (χ0) is 21.3. The maximum Gasteiger partial charge on any atom is 0.325 e. The molecule has 30 heavy (non-hydrogen) atoms. The minimum absolute atomic E-state index is 0.0962. The van der Waals surface area contributed by atoms with Crippen molar-refractivity contribution < 1.29 is 19.1 Å². The first-order valence-corrected chi connectivity index (χ1v) is 11.3. The molecule has 0 bridgehead atoms. The van der Waals surface area contributed by atoms with E-state index in [-0.39, 0.29) is 24.8 Å². The summed E-state index contributed by atoms with van der Waals surface area (Å²) in [6, 6.07) is 11.6. The lowest BCUT2D eigenvalue weighted by Gasteiger charge is -2.11. The van der Waals surface area contributed by atoms with Gasteiger partial charge in [0.05, 0.1) is 29.5 Å². The third-order valence-electron chi connectivity index (χ3n) is 3.85. The van der Waals surface area contributed by atoms with E-state index in [0.29, 0.717) is 17.6 Å². The molecule has 0 aliphatic carbocycles. The van der Waals surface area contributed by atoms with Gasteiger partial charge in [0, 0.05) is 0 Å². The van der Waals surface area contributed by atoms with Crippen LogP contribution >= 0.6 is 23.1 Å². The fourth-order valence-electron chi connectivity index (χ4n) is 2.58. The highest BCUT2D eigenvalue weighted by Gasteiger charge is 2.18. The van der Waals surface area contributed by atoms with Crippen molar-refractivity contribution in [2.24, 2.45) is 0 Å². The lowest BCUT2D eigenvalue weighted by Crippen LogP contribution is -2.31. The molecule has 10 heteroatoms. The van der Waals surface area contributed by atoms with E-state index in [0.717, 1.165) is 16.3 Å². The van der Waals surface area contributed by atoms with Crippen molar-refractivity contribution in [1.29, 1.82) is 0 Å². The molecule has 1 N–H and O–H groups in total. The molecule has 8 nitrogen and oxygen atoms in total. The highest BCUT2D eigenvalue weighted by atomic mass is 32.2. The molecule has 158 valence electrons. The van der Waals surface area contributed by atoms with Crippen LogP contribution in [0.25, 0.3) is 16.4 Å². The molecule has 3 aromatic rings. The fraction of sp³-hybridized carbons (Fsp3) is 0.300. The molecule has 3 rings (SSSR count). The smallest absolute Gasteiger partial charge is 0.325 e. The number of carbonyl (C=O) groups is 2. The summed E-state index contributed by atoms with van der Waals surface area (Å²) in [6.45, 7) is 4.37. The average Bonchev–Trinajstić information content (AvgIpc) is 3.41. The molecule has 0 saturated heterocycles. The van der Waals surface area contributed by atoms with Gasteiger partial charge in [-0.25, -0.2) is 0 Å². The van der Waals surface area contributed by atoms with Crippen LogP contribution in [0.15, 0.2) is 46.9 Å². The molecule has 0 aliphatic rings. The monoisotopic (exact) mass is 446 g/mol. The molecule has 0 saturated carbocycles. The summed E-state index contributed by atoms with van der Waals surface area (Å²) in [5, 5.41) is 13.7. The summed E-state index contributed by atoms with van der Waals surface area (Å²) in [6.07, 6.45) is 0. The first-order chi connectivity index (χ1) is 14.6. The van der Waals surface area contributed by atoms with Gasteiger partial charge in [0.1, 0.15) is 12.3 Å². The Morgan fingerprint density at radius 2 is 1.93 bits per heavy atom. The highest BCUT2D eigenvalue weighted by Crippen LogP contribution is 2.31. The second-order valence-corrected chi connectivity index (χ2v) is 7.81. The second kappa shape index (κ2) is 10.8. The van der Waals surface area contributed by atoms with Crippen molar-refractivity contribution in [1.82, 2.24) is 20.1 Å². The van der Waals surface area contributed by atoms with Crippen LogP contribution in [0.4, 0.5) is 0 Å². The number of thioether (sulfide) groups is 1. The van der Waals surface area contributed by atoms with Gasteiger partial charge in [-0.15, -0.1) is 21.5 Å². The molecule has 1 aromatic carbocycles. The van der Waals surface area contributed by atoms with Gasteiger partial charge >= 0.3 is 5.97 Å². The van der Waals surface area contributed by atoms with Crippen LogP contribution in [0.5, 0.6) is 5.75 Å². The van der Waals surface area contributed by atoms with E-state index < -0.39 is 5.97 Å². The number of aromatic nitrogens is 3. The third-order valence-corrected chi connectivity index (χ3v) is 5.64. The maximum absolute atomic E-state index is 12.1. The van der Waals surface area contributed by atoms with E-state index in [9.17, 15) is 9.59 Å². The van der Waals surface area contributed by atoms with E-state index >= 15 is 0 Å². The minimum atomic E-state index is -0.464. The SMILES string of the molecule is CCOC(=O)CNC(=O)CSc1nnc(-c2cccs2)n1-c1ccc(OCC)cc1. The van der Waals surface area contributed by atoms with Crippen molar-refractivity contribution in [3.63, 3.8) is 0 Å². The number of hydrogen-bond acceptors (Lipinski definition) is 8. The first-order valence-electron chi connectivity index (χ1n) is 9.40. The van der Waals surface area contributed by atoms with Crippen molar-refractivity contribution in [2.45, 2.75) is 19.0 Å². The Balaban J connectivity index is 1.77. The van der Waals surface area contributed by atoms with Crippen LogP contribution < -0.4 is 10.1 Å². The summed E-state index contributed by atoms with van der Waals surface area (Å²) in [7, 11) is 0. The number of rotatable bonds is 10. The lowest BCUT2D eigenvalue weighted by molar-refractivity contribution is -0.143. The number of thiophene rings is 1. The molecular weight excluding hydrogens is 424 g/mol. The van der Waals surface area contributed by atoms with Crippen molar-refractivity contribution in [3.8, 4) is 22.1 Å². The maximum atomic E-state index is 12.1. The Bertz CT molecular complexity index is 971. The zero-order valence-corrected chi connectivity index (χ0v) is 18.3. The molecule has 0 fully saturated rings. The van der Waals surface area contributed by atoms with Crippen LogP contribution in [-0.4, -0.2) is 52.2 Å². The van der Waals surface area contributed by atoms with Crippen LogP contribution in [0, 0.1) is 0 Å². The van der Waals surface area contributed by atoms with E-state index in [1.54, 1.807) is 18.3 Å². The molecule has 2 aromatic heterocycles. The predicted molar refractivity (Wildman–Crippen MR) is 116 cm³/mol. The van der Waals surface area contributed by atoms with Crippen LogP contribution in [0.2, 0.25) is 0 Å². The van der Waals surface area contributed by atoms with Gasteiger partial charge in [-0.3, -0.25) is 14.2 Å². The number of esters is 1. The summed E-state index contributed by atoms with van der Waals surface area (Å²) >= 11 is 2.81. The molecule has 0 radical (unpaired) electrons. The van der Waals surface area contributed by atoms with Gasteiger partial charge in [0.15, 0.2) is 11.0 Å². The Kier molecular flexibility index (Phi) is 7.86. The Morgan fingerprint density at radius 1 is 1.13 bits per heavy atom. The highest BCUT2D eigenvalue weighted by molar-refractivity contribution is 7.99. The number of nitrogens with zero attached hydrogens (tertiary/aromatic N) is 3. The van der Waals surface area contributed by atoms with E-state index in [2.05, 4.69) is 15.5 Å². The quantitative estimate of drug-likeness (QED) is 0.377. The van der Waals surface area contributed by atoms with E-state index in [1.807, 2.05) is 53.3 Å². The first kappa shape index (κ1) is 21.8. The molecule has 1 amide bonds. The fourth-order valence-corrected chi connectivity index (χ4v) is 4.06. The van der Waals surface area contributed by atoms with E-state index in [4.69, 9.17) is 9.47 Å². The second-order valence-electron chi connectivity index (χ2n) is 5.92. The topological polar surface area (TPSA) is 95.3 Å². The minimum Gasteiger partial charge on any atom is -0.494 e. The molecule has 0 aliphatic heterocycles. The molecule has 0 spiro atoms. The normalized spacial score (nSPS) is 10.6. The number of carbonyl (C=O) groups excluding carboxylic acids is 2. The Morgan fingerprint density at radius 3 is 2.60 bits per heavy atom. The Labute approximate surface area is 182 Å².